The molecule has 138 valence electrons. The van der Waals surface area contributed by atoms with Crippen LogP contribution < -0.4 is 5.32 Å². The van der Waals surface area contributed by atoms with Gasteiger partial charge in [0.25, 0.3) is 5.91 Å². The fourth-order valence-electron chi connectivity index (χ4n) is 2.47. The second-order valence-electron chi connectivity index (χ2n) is 5.83. The molecule has 0 aromatic heterocycles. The molecule has 4 nitrogen and oxygen atoms in total. The van der Waals surface area contributed by atoms with E-state index in [4.69, 9.17) is 4.74 Å². The Kier molecular flexibility index (Phi) is 6.44. The molecule has 0 unspecified atom stereocenters. The standard InChI is InChI=1S/C21H18FNO3S/c22-19-8-4-3-7-17(19)12-23-20(24)13-26-21(25)14-27-18-10-9-15-5-1-2-6-16(15)11-18/h1-11H,12-14H2,(H,23,24). The van der Waals surface area contributed by atoms with Crippen LogP contribution in [0.5, 0.6) is 0 Å². The second-order valence-corrected chi connectivity index (χ2v) is 6.88. The average molecular weight is 383 g/mol. The molecule has 0 aliphatic heterocycles. The highest BCUT2D eigenvalue weighted by molar-refractivity contribution is 8.00. The number of rotatable bonds is 7. The summed E-state index contributed by atoms with van der Waals surface area (Å²) >= 11 is 1.35. The molecule has 0 aliphatic carbocycles. The van der Waals surface area contributed by atoms with Gasteiger partial charge in [0.05, 0.1) is 5.75 Å². The molecule has 0 saturated heterocycles. The number of nitrogens with one attached hydrogen (secondary N) is 1. The highest BCUT2D eigenvalue weighted by Crippen LogP contribution is 2.23. The topological polar surface area (TPSA) is 55.4 Å². The van der Waals surface area contributed by atoms with E-state index in [1.165, 1.54) is 17.8 Å². The minimum atomic E-state index is -0.478. The van der Waals surface area contributed by atoms with Crippen LogP contribution in [0.2, 0.25) is 0 Å². The number of hydrogen-bond acceptors (Lipinski definition) is 4. The minimum absolute atomic E-state index is 0.0505. The largest absolute Gasteiger partial charge is 0.455 e. The molecule has 0 bridgehead atoms. The van der Waals surface area contributed by atoms with Crippen molar-refractivity contribution in [2.24, 2.45) is 0 Å². The molecule has 6 heteroatoms. The molecule has 0 aliphatic rings. The molecule has 3 rings (SSSR count). The van der Waals surface area contributed by atoms with Crippen molar-refractivity contribution in [3.05, 3.63) is 78.1 Å². The van der Waals surface area contributed by atoms with Gasteiger partial charge in [-0.05, 0) is 29.0 Å². The lowest BCUT2D eigenvalue weighted by Gasteiger charge is -2.07. The number of benzene rings is 3. The number of ether oxygens (including phenoxy) is 1. The molecule has 3 aromatic carbocycles. The van der Waals surface area contributed by atoms with Crippen molar-refractivity contribution in [3.8, 4) is 0 Å². The van der Waals surface area contributed by atoms with Crippen LogP contribution in [0.15, 0.2) is 71.6 Å². The van der Waals surface area contributed by atoms with Gasteiger partial charge in [0.15, 0.2) is 6.61 Å². The molecule has 0 atom stereocenters. The molecular formula is C21H18FNO3S. The Balaban J connectivity index is 1.41. The van der Waals surface area contributed by atoms with Gasteiger partial charge in [-0.3, -0.25) is 9.59 Å². The molecule has 0 heterocycles. The van der Waals surface area contributed by atoms with Gasteiger partial charge in [0, 0.05) is 17.0 Å². The zero-order chi connectivity index (χ0) is 19.1. The Morgan fingerprint density at radius 1 is 0.963 bits per heavy atom. The molecular weight excluding hydrogens is 365 g/mol. The molecule has 0 saturated carbocycles. The Morgan fingerprint density at radius 3 is 2.52 bits per heavy atom. The van der Waals surface area contributed by atoms with Gasteiger partial charge in [-0.15, -0.1) is 11.8 Å². The summed E-state index contributed by atoms with van der Waals surface area (Å²) in [6, 6.07) is 20.1. The normalized spacial score (nSPS) is 10.6. The maximum Gasteiger partial charge on any atom is 0.316 e. The van der Waals surface area contributed by atoms with Crippen LogP contribution in [0.1, 0.15) is 5.56 Å². The summed E-state index contributed by atoms with van der Waals surface area (Å²) in [6.07, 6.45) is 0. The lowest BCUT2D eigenvalue weighted by atomic mass is 10.1. The summed E-state index contributed by atoms with van der Waals surface area (Å²) in [4.78, 5) is 24.5. The van der Waals surface area contributed by atoms with Gasteiger partial charge in [-0.25, -0.2) is 4.39 Å². The van der Waals surface area contributed by atoms with Crippen molar-refractivity contribution in [1.82, 2.24) is 5.32 Å². The number of amides is 1. The van der Waals surface area contributed by atoms with Gasteiger partial charge in [0.2, 0.25) is 0 Å². The monoisotopic (exact) mass is 383 g/mol. The summed E-state index contributed by atoms with van der Waals surface area (Å²) in [7, 11) is 0. The predicted octanol–water partition coefficient (Wildman–Crippen LogP) is 3.93. The number of thioether (sulfide) groups is 1. The highest BCUT2D eigenvalue weighted by Gasteiger charge is 2.09. The van der Waals surface area contributed by atoms with E-state index in [9.17, 15) is 14.0 Å². The lowest BCUT2D eigenvalue weighted by molar-refractivity contribution is -0.145. The highest BCUT2D eigenvalue weighted by atomic mass is 32.2. The molecule has 1 amide bonds. The first-order valence-corrected chi connectivity index (χ1v) is 9.38. The number of carbonyl (C=O) groups excluding carboxylic acids is 2. The van der Waals surface area contributed by atoms with Crippen LogP contribution in [0.3, 0.4) is 0 Å². The summed E-state index contributed by atoms with van der Waals surface area (Å²) in [6.45, 7) is -0.333. The van der Waals surface area contributed by atoms with E-state index >= 15 is 0 Å². The van der Waals surface area contributed by atoms with E-state index in [1.807, 2.05) is 42.5 Å². The molecule has 0 radical (unpaired) electrons. The van der Waals surface area contributed by atoms with Crippen LogP contribution >= 0.6 is 11.8 Å². The number of fused-ring (bicyclic) bond motifs is 1. The van der Waals surface area contributed by atoms with Crippen molar-refractivity contribution >= 4 is 34.4 Å². The summed E-state index contributed by atoms with van der Waals surface area (Å²) in [5, 5.41) is 4.76. The smallest absolute Gasteiger partial charge is 0.316 e. The number of halogens is 1. The van der Waals surface area contributed by atoms with Crippen LogP contribution in [-0.2, 0) is 20.9 Å². The number of esters is 1. The third-order valence-electron chi connectivity index (χ3n) is 3.88. The first-order valence-electron chi connectivity index (χ1n) is 8.39. The third kappa shape index (κ3) is 5.56. The molecule has 3 aromatic rings. The third-order valence-corrected chi connectivity index (χ3v) is 4.84. The first-order chi connectivity index (χ1) is 13.1. The molecule has 1 N–H and O–H groups in total. The van der Waals surface area contributed by atoms with Crippen molar-refractivity contribution in [3.63, 3.8) is 0 Å². The van der Waals surface area contributed by atoms with E-state index in [2.05, 4.69) is 5.32 Å². The van der Waals surface area contributed by atoms with Gasteiger partial charge in [-0.1, -0.05) is 48.5 Å². The fraction of sp³-hybridized carbons (Fsp3) is 0.143. The Labute approximate surface area is 160 Å². The maximum absolute atomic E-state index is 13.5. The van der Waals surface area contributed by atoms with Gasteiger partial charge < -0.3 is 10.1 Å². The Morgan fingerprint density at radius 2 is 1.70 bits per heavy atom. The van der Waals surface area contributed by atoms with Crippen molar-refractivity contribution in [1.29, 1.82) is 0 Å². The van der Waals surface area contributed by atoms with E-state index in [1.54, 1.807) is 18.2 Å². The lowest BCUT2D eigenvalue weighted by Crippen LogP contribution is -2.29. The van der Waals surface area contributed by atoms with Crippen LogP contribution in [0, 0.1) is 5.82 Å². The summed E-state index contributed by atoms with van der Waals surface area (Å²) < 4.78 is 18.4. The Hall–Kier alpha value is -2.86. The second kappa shape index (κ2) is 9.19. The summed E-state index contributed by atoms with van der Waals surface area (Å²) in [5.41, 5.74) is 0.379. The van der Waals surface area contributed by atoms with Gasteiger partial charge in [0.1, 0.15) is 5.82 Å². The van der Waals surface area contributed by atoms with E-state index in [0.717, 1.165) is 15.7 Å². The maximum atomic E-state index is 13.5. The molecule has 0 fully saturated rings. The number of carbonyl (C=O) groups is 2. The van der Waals surface area contributed by atoms with Crippen molar-refractivity contribution < 1.29 is 18.7 Å². The van der Waals surface area contributed by atoms with Crippen LogP contribution in [0.25, 0.3) is 10.8 Å². The van der Waals surface area contributed by atoms with E-state index in [-0.39, 0.29) is 24.7 Å². The Bertz CT molecular complexity index is 961. The SMILES string of the molecule is O=C(COC(=O)CSc1ccc2ccccc2c1)NCc1ccccc1F. The molecule has 27 heavy (non-hydrogen) atoms. The van der Waals surface area contributed by atoms with E-state index < -0.39 is 11.9 Å². The zero-order valence-electron chi connectivity index (χ0n) is 14.5. The minimum Gasteiger partial charge on any atom is -0.455 e. The van der Waals surface area contributed by atoms with Crippen LogP contribution in [0.4, 0.5) is 4.39 Å². The van der Waals surface area contributed by atoms with Crippen LogP contribution in [-0.4, -0.2) is 24.2 Å². The number of hydrogen-bond donors (Lipinski definition) is 1. The first kappa shape index (κ1) is 18.9. The quantitative estimate of drug-likeness (QED) is 0.496. The van der Waals surface area contributed by atoms with Gasteiger partial charge in [-0.2, -0.15) is 0 Å². The predicted molar refractivity (Wildman–Crippen MR) is 104 cm³/mol. The van der Waals surface area contributed by atoms with E-state index in [0.29, 0.717) is 5.56 Å². The van der Waals surface area contributed by atoms with Gasteiger partial charge >= 0.3 is 5.97 Å². The average Bonchev–Trinajstić information content (AvgIpc) is 2.70. The molecule has 0 spiro atoms. The fourth-order valence-corrected chi connectivity index (χ4v) is 3.22. The van der Waals surface area contributed by atoms with Crippen molar-refractivity contribution in [2.45, 2.75) is 11.4 Å². The summed E-state index contributed by atoms with van der Waals surface area (Å²) in [5.74, 6) is -1.23. The zero-order valence-corrected chi connectivity index (χ0v) is 15.3. The van der Waals surface area contributed by atoms with Crippen molar-refractivity contribution in [2.75, 3.05) is 12.4 Å².